The summed E-state index contributed by atoms with van der Waals surface area (Å²) in [6, 6.07) is 0. The first kappa shape index (κ1) is 34.7. The molecule has 0 nitrogen and oxygen atoms in total. The van der Waals surface area contributed by atoms with E-state index < -0.39 is 0 Å². The summed E-state index contributed by atoms with van der Waals surface area (Å²) >= 11 is 0. The highest BCUT2D eigenvalue weighted by molar-refractivity contribution is 8.77. The van der Waals surface area contributed by atoms with Gasteiger partial charge in [-0.25, -0.2) is 0 Å². The van der Waals surface area contributed by atoms with Gasteiger partial charge >= 0.3 is 0 Å². The van der Waals surface area contributed by atoms with Gasteiger partial charge in [0.05, 0.1) is 0 Å². The third kappa shape index (κ3) is 17.2. The molecule has 0 aliphatic carbocycles. The zero-order chi connectivity index (χ0) is 25.4. The molecule has 0 aliphatic rings. The molecule has 0 unspecified atom stereocenters. The SMILES string of the molecule is CCCCCC(CCCCC)(CCCCC)SSC(CCCCC)(CCCCC)CCCCC. The zero-order valence-electron chi connectivity index (χ0n) is 24.8. The molecule has 0 saturated heterocycles. The van der Waals surface area contributed by atoms with Crippen molar-refractivity contribution >= 4 is 21.6 Å². The predicted molar refractivity (Wildman–Crippen MR) is 165 cm³/mol. The summed E-state index contributed by atoms with van der Waals surface area (Å²) in [5, 5.41) is 0. The van der Waals surface area contributed by atoms with Crippen molar-refractivity contribution in [2.45, 2.75) is 205 Å². The van der Waals surface area contributed by atoms with Crippen LogP contribution in [0.2, 0.25) is 0 Å². The molecule has 206 valence electrons. The predicted octanol–water partition coefficient (Wildman–Crippen LogP) is 13.3. The lowest BCUT2D eigenvalue weighted by atomic mass is 9.89. The van der Waals surface area contributed by atoms with Crippen LogP contribution in [-0.4, -0.2) is 9.49 Å². The summed E-state index contributed by atoms with van der Waals surface area (Å²) in [6.07, 6.45) is 34.0. The molecule has 0 saturated carbocycles. The van der Waals surface area contributed by atoms with E-state index in [0.29, 0.717) is 9.49 Å². The fourth-order valence-corrected chi connectivity index (χ4v) is 9.64. The van der Waals surface area contributed by atoms with Crippen LogP contribution in [0.5, 0.6) is 0 Å². The summed E-state index contributed by atoms with van der Waals surface area (Å²) < 4.78 is 1.05. The topological polar surface area (TPSA) is 0 Å². The maximum atomic E-state index is 2.42. The summed E-state index contributed by atoms with van der Waals surface area (Å²) in [5.74, 6) is 0. The highest BCUT2D eigenvalue weighted by Crippen LogP contribution is 2.55. The second-order valence-corrected chi connectivity index (χ2v) is 14.3. The Hall–Kier alpha value is 0.700. The van der Waals surface area contributed by atoms with Gasteiger partial charge in [0.1, 0.15) is 0 Å². The minimum atomic E-state index is 0.524. The van der Waals surface area contributed by atoms with Gasteiger partial charge < -0.3 is 0 Å². The van der Waals surface area contributed by atoms with Gasteiger partial charge in [-0.2, -0.15) is 0 Å². The Morgan fingerprint density at radius 1 is 0.294 bits per heavy atom. The van der Waals surface area contributed by atoms with E-state index in [0.717, 1.165) is 0 Å². The van der Waals surface area contributed by atoms with E-state index in [1.165, 1.54) is 154 Å². The number of hydrogen-bond acceptors (Lipinski definition) is 2. The van der Waals surface area contributed by atoms with E-state index in [2.05, 4.69) is 63.1 Å². The second kappa shape index (κ2) is 24.1. The standard InChI is InChI=1S/C32H66S2/c1-7-13-19-25-31(26-20-14-8-2,27-21-15-9-3)33-34-32(28-22-16-10-4,29-23-17-11-5)30-24-18-12-6/h7-30H2,1-6H3. The normalized spacial score (nSPS) is 12.5. The molecule has 0 amide bonds. The molecule has 0 spiro atoms. The van der Waals surface area contributed by atoms with Gasteiger partial charge in [-0.05, 0) is 38.5 Å². The Morgan fingerprint density at radius 2 is 0.471 bits per heavy atom. The lowest BCUT2D eigenvalue weighted by molar-refractivity contribution is 0.410. The fourth-order valence-electron chi connectivity index (χ4n) is 5.36. The first-order chi connectivity index (χ1) is 16.6. The molecule has 34 heavy (non-hydrogen) atoms. The van der Waals surface area contributed by atoms with Gasteiger partial charge in [0, 0.05) is 9.49 Å². The minimum absolute atomic E-state index is 0.524. The van der Waals surface area contributed by atoms with Crippen LogP contribution >= 0.6 is 21.6 Å². The molecule has 0 fully saturated rings. The number of rotatable bonds is 27. The van der Waals surface area contributed by atoms with Gasteiger partial charge in [-0.1, -0.05) is 179 Å². The number of unbranched alkanes of at least 4 members (excludes halogenated alkanes) is 12. The van der Waals surface area contributed by atoms with Crippen LogP contribution in [0.1, 0.15) is 196 Å². The molecular formula is C32H66S2. The summed E-state index contributed by atoms with van der Waals surface area (Å²) in [5.41, 5.74) is 0. The fraction of sp³-hybridized carbons (Fsp3) is 1.00. The lowest BCUT2D eigenvalue weighted by Gasteiger charge is -2.40. The molecule has 2 heteroatoms. The van der Waals surface area contributed by atoms with E-state index in [4.69, 9.17) is 0 Å². The first-order valence-electron chi connectivity index (χ1n) is 15.9. The summed E-state index contributed by atoms with van der Waals surface area (Å²) in [4.78, 5) is 0. The molecule has 0 aromatic carbocycles. The van der Waals surface area contributed by atoms with Crippen LogP contribution in [-0.2, 0) is 0 Å². The van der Waals surface area contributed by atoms with Crippen molar-refractivity contribution in [3.63, 3.8) is 0 Å². The summed E-state index contributed by atoms with van der Waals surface area (Å²) in [7, 11) is 4.84. The molecule has 0 N–H and O–H groups in total. The Bertz CT molecular complexity index is 315. The molecule has 0 radical (unpaired) electrons. The van der Waals surface area contributed by atoms with Gasteiger partial charge in [0.15, 0.2) is 0 Å². The highest BCUT2D eigenvalue weighted by atomic mass is 33.1. The van der Waals surface area contributed by atoms with E-state index in [-0.39, 0.29) is 0 Å². The van der Waals surface area contributed by atoms with E-state index in [1.807, 2.05) is 0 Å². The molecule has 0 aromatic rings. The van der Waals surface area contributed by atoms with Crippen LogP contribution in [0.4, 0.5) is 0 Å². The highest BCUT2D eigenvalue weighted by Gasteiger charge is 2.36. The van der Waals surface area contributed by atoms with Crippen molar-refractivity contribution in [1.82, 2.24) is 0 Å². The second-order valence-electron chi connectivity index (χ2n) is 11.3. The molecule has 0 heterocycles. The van der Waals surface area contributed by atoms with Crippen molar-refractivity contribution in [1.29, 1.82) is 0 Å². The average molecular weight is 515 g/mol. The van der Waals surface area contributed by atoms with E-state index in [1.54, 1.807) is 0 Å². The van der Waals surface area contributed by atoms with Crippen LogP contribution < -0.4 is 0 Å². The molecule has 0 bridgehead atoms. The molecule has 0 rings (SSSR count). The van der Waals surface area contributed by atoms with Crippen LogP contribution in [0.3, 0.4) is 0 Å². The first-order valence-corrected chi connectivity index (χ1v) is 18.1. The van der Waals surface area contributed by atoms with Crippen molar-refractivity contribution < 1.29 is 0 Å². The van der Waals surface area contributed by atoms with E-state index >= 15 is 0 Å². The smallest absolute Gasteiger partial charge is 0.0263 e. The van der Waals surface area contributed by atoms with Crippen molar-refractivity contribution in [2.75, 3.05) is 0 Å². The van der Waals surface area contributed by atoms with Gasteiger partial charge in [-0.3, -0.25) is 0 Å². The minimum Gasteiger partial charge on any atom is -0.0867 e. The average Bonchev–Trinajstić information content (AvgIpc) is 2.83. The molecular weight excluding hydrogens is 448 g/mol. The van der Waals surface area contributed by atoms with Crippen molar-refractivity contribution in [2.24, 2.45) is 0 Å². The lowest BCUT2D eigenvalue weighted by Crippen LogP contribution is -2.29. The van der Waals surface area contributed by atoms with Crippen LogP contribution in [0.15, 0.2) is 0 Å². The maximum absolute atomic E-state index is 2.42. The maximum Gasteiger partial charge on any atom is 0.0263 e. The van der Waals surface area contributed by atoms with E-state index in [9.17, 15) is 0 Å². The Kier molecular flexibility index (Phi) is 24.6. The summed E-state index contributed by atoms with van der Waals surface area (Å²) in [6.45, 7) is 14.2. The van der Waals surface area contributed by atoms with Crippen molar-refractivity contribution in [3.05, 3.63) is 0 Å². The molecule has 0 aromatic heterocycles. The molecule has 0 atom stereocenters. The molecule has 0 aliphatic heterocycles. The third-order valence-electron chi connectivity index (χ3n) is 7.81. The monoisotopic (exact) mass is 514 g/mol. The quantitative estimate of drug-likeness (QED) is 0.0789. The van der Waals surface area contributed by atoms with Gasteiger partial charge in [0.2, 0.25) is 0 Å². The van der Waals surface area contributed by atoms with Gasteiger partial charge in [-0.15, -0.1) is 0 Å². The number of hydrogen-bond donors (Lipinski definition) is 0. The van der Waals surface area contributed by atoms with Crippen LogP contribution in [0, 0.1) is 0 Å². The van der Waals surface area contributed by atoms with Gasteiger partial charge in [0.25, 0.3) is 0 Å². The Labute approximate surface area is 226 Å². The zero-order valence-corrected chi connectivity index (χ0v) is 26.4. The Morgan fingerprint density at radius 3 is 0.618 bits per heavy atom. The third-order valence-corrected chi connectivity index (χ3v) is 12.2. The Balaban J connectivity index is 5.69. The van der Waals surface area contributed by atoms with Crippen molar-refractivity contribution in [3.8, 4) is 0 Å². The largest absolute Gasteiger partial charge is 0.0867 e. The van der Waals surface area contributed by atoms with Crippen LogP contribution in [0.25, 0.3) is 0 Å².